The third kappa shape index (κ3) is 4.60. The van der Waals surface area contributed by atoms with Crippen LogP contribution in [-0.2, 0) is 21.2 Å². The van der Waals surface area contributed by atoms with Crippen molar-refractivity contribution in [3.8, 4) is 11.4 Å². The predicted molar refractivity (Wildman–Crippen MR) is 104 cm³/mol. The highest BCUT2D eigenvalue weighted by molar-refractivity contribution is 7.92. The fourth-order valence-corrected chi connectivity index (χ4v) is 4.44. The minimum absolute atomic E-state index is 0. The molecule has 0 atom stereocenters. The van der Waals surface area contributed by atoms with E-state index in [2.05, 4.69) is 20.8 Å². The molecule has 11 heteroatoms. The molecule has 0 spiro atoms. The molecule has 148 valence electrons. The zero-order valence-electron chi connectivity index (χ0n) is 14.6. The summed E-state index contributed by atoms with van der Waals surface area (Å²) in [6, 6.07) is 6.93. The van der Waals surface area contributed by atoms with Crippen molar-refractivity contribution in [1.29, 1.82) is 0 Å². The molecular formula is C16H20Cl2N4O4S. The van der Waals surface area contributed by atoms with Crippen molar-refractivity contribution < 1.29 is 17.7 Å². The van der Waals surface area contributed by atoms with E-state index in [1.807, 2.05) is 0 Å². The summed E-state index contributed by atoms with van der Waals surface area (Å²) in [7, 11) is -3.56. The van der Waals surface area contributed by atoms with Crippen molar-refractivity contribution >= 4 is 39.8 Å². The SMILES string of the molecule is CS(=O)(=O)C1(C(=O)NCc2nc(-c3ccc(Cl)cc3)no2)CCNCC1.Cl. The highest BCUT2D eigenvalue weighted by Gasteiger charge is 2.48. The van der Waals surface area contributed by atoms with Crippen molar-refractivity contribution in [2.45, 2.75) is 24.1 Å². The number of benzene rings is 1. The molecule has 3 rings (SSSR count). The average molecular weight is 435 g/mol. The summed E-state index contributed by atoms with van der Waals surface area (Å²) in [4.78, 5) is 16.8. The molecule has 0 radical (unpaired) electrons. The number of carbonyl (C=O) groups is 1. The van der Waals surface area contributed by atoms with E-state index in [0.717, 1.165) is 11.8 Å². The van der Waals surface area contributed by atoms with Crippen LogP contribution in [0.1, 0.15) is 18.7 Å². The normalized spacial score (nSPS) is 16.4. The molecule has 1 amide bonds. The molecule has 0 bridgehead atoms. The number of aromatic nitrogens is 2. The molecular weight excluding hydrogens is 415 g/mol. The quantitative estimate of drug-likeness (QED) is 0.733. The van der Waals surface area contributed by atoms with Gasteiger partial charge in [-0.25, -0.2) is 8.42 Å². The lowest BCUT2D eigenvalue weighted by molar-refractivity contribution is -0.124. The Bertz CT molecular complexity index is 893. The maximum atomic E-state index is 12.6. The molecule has 0 aliphatic carbocycles. The number of nitrogens with zero attached hydrogens (tertiary/aromatic N) is 2. The van der Waals surface area contributed by atoms with Gasteiger partial charge >= 0.3 is 0 Å². The predicted octanol–water partition coefficient (Wildman–Crippen LogP) is 1.59. The van der Waals surface area contributed by atoms with Crippen LogP contribution < -0.4 is 10.6 Å². The zero-order valence-corrected chi connectivity index (χ0v) is 17.0. The second kappa shape index (κ2) is 8.55. The highest BCUT2D eigenvalue weighted by Crippen LogP contribution is 2.28. The van der Waals surface area contributed by atoms with Gasteiger partial charge in [0.05, 0.1) is 6.54 Å². The lowest BCUT2D eigenvalue weighted by atomic mass is 9.96. The van der Waals surface area contributed by atoms with Crippen LogP contribution in [0.25, 0.3) is 11.4 Å². The Hall–Kier alpha value is -1.68. The molecule has 1 aliphatic heterocycles. The number of piperidine rings is 1. The third-order valence-electron chi connectivity index (χ3n) is 4.51. The second-order valence-electron chi connectivity index (χ2n) is 6.22. The van der Waals surface area contributed by atoms with Gasteiger partial charge in [-0.15, -0.1) is 12.4 Å². The summed E-state index contributed by atoms with van der Waals surface area (Å²) in [5.41, 5.74) is 0.724. The second-order valence-corrected chi connectivity index (χ2v) is 8.98. The summed E-state index contributed by atoms with van der Waals surface area (Å²) in [5.74, 6) is 0.0271. The Morgan fingerprint density at radius 1 is 1.30 bits per heavy atom. The summed E-state index contributed by atoms with van der Waals surface area (Å²) < 4.78 is 28.2. The average Bonchev–Trinajstić information content (AvgIpc) is 3.09. The van der Waals surface area contributed by atoms with E-state index in [1.54, 1.807) is 24.3 Å². The van der Waals surface area contributed by atoms with Gasteiger partial charge in [-0.3, -0.25) is 4.79 Å². The summed E-state index contributed by atoms with van der Waals surface area (Å²) >= 11 is 5.85. The fraction of sp³-hybridized carbons (Fsp3) is 0.438. The first kappa shape index (κ1) is 21.6. The Balaban J connectivity index is 0.00000261. The van der Waals surface area contributed by atoms with Crippen molar-refractivity contribution in [2.24, 2.45) is 0 Å². The van der Waals surface area contributed by atoms with Gasteiger partial charge < -0.3 is 15.2 Å². The van der Waals surface area contributed by atoms with Gasteiger partial charge in [-0.1, -0.05) is 16.8 Å². The molecule has 27 heavy (non-hydrogen) atoms. The number of halogens is 2. The number of hydrogen-bond acceptors (Lipinski definition) is 7. The van der Waals surface area contributed by atoms with Crippen molar-refractivity contribution in [3.05, 3.63) is 35.2 Å². The van der Waals surface area contributed by atoms with Crippen LogP contribution in [0, 0.1) is 0 Å². The number of carbonyl (C=O) groups excluding carboxylic acids is 1. The van der Waals surface area contributed by atoms with Gasteiger partial charge in [-0.05, 0) is 50.2 Å². The first-order valence-corrected chi connectivity index (χ1v) is 10.4. The van der Waals surface area contributed by atoms with E-state index in [0.29, 0.717) is 23.9 Å². The van der Waals surface area contributed by atoms with Gasteiger partial charge in [0.1, 0.15) is 0 Å². The fourth-order valence-electron chi connectivity index (χ4n) is 2.96. The van der Waals surface area contributed by atoms with E-state index in [9.17, 15) is 13.2 Å². The maximum absolute atomic E-state index is 12.6. The van der Waals surface area contributed by atoms with Crippen LogP contribution in [0.2, 0.25) is 5.02 Å². The largest absolute Gasteiger partial charge is 0.346 e. The van der Waals surface area contributed by atoms with Gasteiger partial charge in [0.2, 0.25) is 17.6 Å². The van der Waals surface area contributed by atoms with E-state index in [-0.39, 0.29) is 37.7 Å². The van der Waals surface area contributed by atoms with E-state index in [1.165, 1.54) is 0 Å². The summed E-state index contributed by atoms with van der Waals surface area (Å²) in [6.07, 6.45) is 1.57. The topological polar surface area (TPSA) is 114 Å². The lowest BCUT2D eigenvalue weighted by Gasteiger charge is -2.34. The minimum Gasteiger partial charge on any atom is -0.346 e. The van der Waals surface area contributed by atoms with Crippen molar-refractivity contribution in [3.63, 3.8) is 0 Å². The highest BCUT2D eigenvalue weighted by atomic mass is 35.5. The molecule has 1 saturated heterocycles. The van der Waals surface area contributed by atoms with Crippen molar-refractivity contribution in [1.82, 2.24) is 20.8 Å². The smallest absolute Gasteiger partial charge is 0.246 e. The molecule has 8 nitrogen and oxygen atoms in total. The number of sulfone groups is 1. The van der Waals surface area contributed by atoms with E-state index < -0.39 is 20.5 Å². The molecule has 1 aliphatic rings. The zero-order chi connectivity index (χ0) is 18.8. The maximum Gasteiger partial charge on any atom is 0.246 e. The third-order valence-corrected chi connectivity index (χ3v) is 6.77. The number of hydrogen-bond donors (Lipinski definition) is 2. The van der Waals surface area contributed by atoms with Gasteiger partial charge in [0.25, 0.3) is 0 Å². The molecule has 2 heterocycles. The monoisotopic (exact) mass is 434 g/mol. The van der Waals surface area contributed by atoms with E-state index >= 15 is 0 Å². The Morgan fingerprint density at radius 3 is 2.52 bits per heavy atom. The van der Waals surface area contributed by atoms with Crippen LogP contribution in [0.15, 0.2) is 28.8 Å². The molecule has 1 aromatic heterocycles. The van der Waals surface area contributed by atoms with Crippen LogP contribution in [0.4, 0.5) is 0 Å². The standard InChI is InChI=1S/C16H19ClN4O4S.ClH/c1-26(23,24)16(6-8-18-9-7-16)15(22)19-10-13-20-14(21-25-13)11-2-4-12(17)5-3-11;/h2-5,18H,6-10H2,1H3,(H,19,22);1H. The van der Waals surface area contributed by atoms with E-state index in [4.69, 9.17) is 16.1 Å². The van der Waals surface area contributed by atoms with Gasteiger partial charge in [0, 0.05) is 16.8 Å². The lowest BCUT2D eigenvalue weighted by Crippen LogP contribution is -2.57. The Labute approximate surface area is 168 Å². The Kier molecular flexibility index (Phi) is 6.85. The molecule has 1 aromatic carbocycles. The number of nitrogens with one attached hydrogen (secondary N) is 2. The first-order chi connectivity index (χ1) is 12.3. The molecule has 0 saturated carbocycles. The molecule has 2 aromatic rings. The Morgan fingerprint density at radius 2 is 1.93 bits per heavy atom. The summed E-state index contributed by atoms with van der Waals surface area (Å²) in [5, 5.41) is 10.2. The van der Waals surface area contributed by atoms with Crippen molar-refractivity contribution in [2.75, 3.05) is 19.3 Å². The van der Waals surface area contributed by atoms with Gasteiger partial charge in [0.15, 0.2) is 14.6 Å². The van der Waals surface area contributed by atoms with Crippen LogP contribution in [0.5, 0.6) is 0 Å². The minimum atomic E-state index is -3.56. The molecule has 0 unspecified atom stereocenters. The number of rotatable bonds is 5. The first-order valence-electron chi connectivity index (χ1n) is 8.09. The van der Waals surface area contributed by atoms with Crippen LogP contribution >= 0.6 is 24.0 Å². The van der Waals surface area contributed by atoms with Gasteiger partial charge in [-0.2, -0.15) is 4.98 Å². The number of amides is 1. The molecule has 2 N–H and O–H groups in total. The molecule has 1 fully saturated rings. The summed E-state index contributed by atoms with van der Waals surface area (Å²) in [6.45, 7) is 0.910. The van der Waals surface area contributed by atoms with Crippen LogP contribution in [-0.4, -0.2) is 48.6 Å². The van der Waals surface area contributed by atoms with Crippen LogP contribution in [0.3, 0.4) is 0 Å².